The normalized spacial score (nSPS) is 24.9. The van der Waals surface area contributed by atoms with Gasteiger partial charge in [-0.3, -0.25) is 4.79 Å². The maximum absolute atomic E-state index is 12.3. The highest BCUT2D eigenvalue weighted by molar-refractivity contribution is 5.94. The third kappa shape index (κ3) is 4.28. The molecule has 1 fully saturated rings. The molecule has 0 spiro atoms. The van der Waals surface area contributed by atoms with E-state index in [0.717, 1.165) is 18.4 Å². The summed E-state index contributed by atoms with van der Waals surface area (Å²) in [6.45, 7) is 7.72. The lowest BCUT2D eigenvalue weighted by atomic mass is 9.78. The van der Waals surface area contributed by atoms with Crippen molar-refractivity contribution in [3.8, 4) is 5.75 Å². The molecule has 0 saturated heterocycles. The van der Waals surface area contributed by atoms with Crippen LogP contribution in [0.4, 0.5) is 0 Å². The highest BCUT2D eigenvalue weighted by Gasteiger charge is 2.30. The van der Waals surface area contributed by atoms with Crippen molar-refractivity contribution >= 4 is 11.9 Å². The van der Waals surface area contributed by atoms with Crippen LogP contribution in [0.25, 0.3) is 0 Å². The number of phenols is 1. The molecule has 1 aliphatic carbocycles. The summed E-state index contributed by atoms with van der Waals surface area (Å²) in [5.41, 5.74) is 0.912. The highest BCUT2D eigenvalue weighted by atomic mass is 16.5. The van der Waals surface area contributed by atoms with Crippen molar-refractivity contribution in [2.24, 2.45) is 11.8 Å². The number of benzene rings is 1. The predicted molar refractivity (Wildman–Crippen MR) is 91.8 cm³/mol. The van der Waals surface area contributed by atoms with E-state index in [1.54, 1.807) is 13.0 Å². The molecule has 1 aliphatic rings. The molecular formula is C19H27NO4. The number of aryl methyl sites for hydroxylation is 1. The molecule has 0 radical (unpaired) electrons. The molecular weight excluding hydrogens is 306 g/mol. The van der Waals surface area contributed by atoms with Crippen LogP contribution >= 0.6 is 0 Å². The lowest BCUT2D eigenvalue weighted by Crippen LogP contribution is -2.47. The zero-order chi connectivity index (χ0) is 17.9. The molecule has 4 atom stereocenters. The summed E-state index contributed by atoms with van der Waals surface area (Å²) in [6.07, 6.45) is 2.34. The zero-order valence-electron chi connectivity index (χ0n) is 14.8. The largest absolute Gasteiger partial charge is 0.507 e. The summed E-state index contributed by atoms with van der Waals surface area (Å²) in [5, 5.41) is 12.8. The van der Waals surface area contributed by atoms with Gasteiger partial charge in [0, 0.05) is 6.04 Å². The maximum Gasteiger partial charge on any atom is 0.342 e. The monoisotopic (exact) mass is 333 g/mol. The molecule has 2 N–H and O–H groups in total. The van der Waals surface area contributed by atoms with Crippen LogP contribution in [0.1, 0.15) is 56.0 Å². The van der Waals surface area contributed by atoms with Gasteiger partial charge in [-0.25, -0.2) is 4.79 Å². The number of ether oxygens (including phenoxy) is 1. The second-order valence-corrected chi connectivity index (χ2v) is 6.95. The SMILES string of the molecule is Cc1ccc(C(=O)O[C@@H](C)C(=O)N[C@@H]2CCC[C@H](C)[C@@H]2C)c(O)c1. The molecule has 5 heteroatoms. The Balaban J connectivity index is 1.94. The van der Waals surface area contributed by atoms with Gasteiger partial charge in [-0.05, 0) is 49.8 Å². The Morgan fingerprint density at radius 1 is 1.29 bits per heavy atom. The molecule has 1 saturated carbocycles. The number of rotatable bonds is 4. The minimum Gasteiger partial charge on any atom is -0.507 e. The van der Waals surface area contributed by atoms with Gasteiger partial charge in [-0.2, -0.15) is 0 Å². The topological polar surface area (TPSA) is 75.6 Å². The summed E-state index contributed by atoms with van der Waals surface area (Å²) in [7, 11) is 0. The Morgan fingerprint density at radius 3 is 2.67 bits per heavy atom. The third-order valence-corrected chi connectivity index (χ3v) is 5.06. The van der Waals surface area contributed by atoms with Crippen LogP contribution in [0.3, 0.4) is 0 Å². The van der Waals surface area contributed by atoms with E-state index in [1.165, 1.54) is 18.6 Å². The molecule has 5 nitrogen and oxygen atoms in total. The Bertz CT molecular complexity index is 613. The van der Waals surface area contributed by atoms with Crippen LogP contribution in [0.5, 0.6) is 5.75 Å². The number of nitrogens with one attached hydrogen (secondary N) is 1. The number of carbonyl (C=O) groups excluding carboxylic acids is 2. The maximum atomic E-state index is 12.3. The Hall–Kier alpha value is -2.04. The zero-order valence-corrected chi connectivity index (χ0v) is 14.8. The summed E-state index contributed by atoms with van der Waals surface area (Å²) in [5.74, 6) is -0.137. The highest BCUT2D eigenvalue weighted by Crippen LogP contribution is 2.29. The van der Waals surface area contributed by atoms with Gasteiger partial charge < -0.3 is 15.2 Å². The first-order valence-corrected chi connectivity index (χ1v) is 8.60. The average molecular weight is 333 g/mol. The van der Waals surface area contributed by atoms with Crippen LogP contribution < -0.4 is 5.32 Å². The predicted octanol–water partition coefficient (Wildman–Crippen LogP) is 3.19. The van der Waals surface area contributed by atoms with Crippen molar-refractivity contribution in [2.75, 3.05) is 0 Å². The molecule has 0 heterocycles. The second-order valence-electron chi connectivity index (χ2n) is 6.95. The second kappa shape index (κ2) is 7.69. The molecule has 1 aromatic carbocycles. The Kier molecular flexibility index (Phi) is 5.86. The average Bonchev–Trinajstić information content (AvgIpc) is 2.51. The van der Waals surface area contributed by atoms with Gasteiger partial charge in [-0.1, -0.05) is 32.8 Å². The van der Waals surface area contributed by atoms with Crippen LogP contribution in [-0.2, 0) is 9.53 Å². The van der Waals surface area contributed by atoms with Gasteiger partial charge in [0.1, 0.15) is 11.3 Å². The van der Waals surface area contributed by atoms with E-state index in [9.17, 15) is 14.7 Å². The molecule has 2 rings (SSSR count). The standard InChI is InChI=1S/C19H27NO4/c1-11-8-9-15(17(21)10-11)19(23)24-14(4)18(22)20-16-7-5-6-12(2)13(16)3/h8-10,12-14,16,21H,5-7H2,1-4H3,(H,20,22)/t12-,13-,14-,16+/m0/s1. The quantitative estimate of drug-likeness (QED) is 0.830. The van der Waals surface area contributed by atoms with Crippen molar-refractivity contribution in [2.45, 2.75) is 59.1 Å². The minimum atomic E-state index is -0.900. The fourth-order valence-corrected chi connectivity index (χ4v) is 3.18. The summed E-state index contributed by atoms with van der Waals surface area (Å²) in [4.78, 5) is 24.5. The fraction of sp³-hybridized carbons (Fsp3) is 0.579. The van der Waals surface area contributed by atoms with Crippen molar-refractivity contribution in [1.29, 1.82) is 0 Å². The van der Waals surface area contributed by atoms with E-state index in [2.05, 4.69) is 19.2 Å². The molecule has 0 bridgehead atoms. The number of aromatic hydroxyl groups is 1. The van der Waals surface area contributed by atoms with E-state index in [-0.39, 0.29) is 23.3 Å². The van der Waals surface area contributed by atoms with Gasteiger partial charge in [0.05, 0.1) is 0 Å². The van der Waals surface area contributed by atoms with E-state index < -0.39 is 12.1 Å². The summed E-state index contributed by atoms with van der Waals surface area (Å²) >= 11 is 0. The minimum absolute atomic E-state index is 0.0694. The van der Waals surface area contributed by atoms with E-state index >= 15 is 0 Å². The van der Waals surface area contributed by atoms with Gasteiger partial charge in [0.25, 0.3) is 5.91 Å². The molecule has 132 valence electrons. The van der Waals surface area contributed by atoms with E-state index in [0.29, 0.717) is 11.8 Å². The van der Waals surface area contributed by atoms with Gasteiger partial charge in [-0.15, -0.1) is 0 Å². The number of hydrogen-bond donors (Lipinski definition) is 2. The molecule has 24 heavy (non-hydrogen) atoms. The molecule has 0 aliphatic heterocycles. The number of esters is 1. The van der Waals surface area contributed by atoms with E-state index in [4.69, 9.17) is 4.74 Å². The fourth-order valence-electron chi connectivity index (χ4n) is 3.18. The van der Waals surface area contributed by atoms with E-state index in [1.807, 2.05) is 6.92 Å². The first-order valence-electron chi connectivity index (χ1n) is 8.60. The number of hydrogen-bond acceptors (Lipinski definition) is 4. The van der Waals surface area contributed by atoms with Crippen LogP contribution in [0, 0.1) is 18.8 Å². The van der Waals surface area contributed by atoms with Crippen molar-refractivity contribution in [1.82, 2.24) is 5.32 Å². The van der Waals surface area contributed by atoms with Crippen molar-refractivity contribution < 1.29 is 19.4 Å². The Labute approximate surface area is 143 Å². The van der Waals surface area contributed by atoms with Crippen molar-refractivity contribution in [3.63, 3.8) is 0 Å². The molecule has 0 unspecified atom stereocenters. The summed E-state index contributed by atoms with van der Waals surface area (Å²) in [6, 6.07) is 4.83. The molecule has 1 aromatic rings. The van der Waals surface area contributed by atoms with Crippen LogP contribution in [-0.4, -0.2) is 29.1 Å². The lowest BCUT2D eigenvalue weighted by molar-refractivity contribution is -0.130. The first kappa shape index (κ1) is 18.3. The number of carbonyl (C=O) groups is 2. The number of phenolic OH excluding ortho intramolecular Hbond substituents is 1. The number of amides is 1. The third-order valence-electron chi connectivity index (χ3n) is 5.06. The lowest BCUT2D eigenvalue weighted by Gasteiger charge is -2.35. The smallest absolute Gasteiger partial charge is 0.342 e. The van der Waals surface area contributed by atoms with Gasteiger partial charge in [0.15, 0.2) is 6.10 Å². The molecule has 0 aromatic heterocycles. The first-order chi connectivity index (χ1) is 11.3. The summed E-state index contributed by atoms with van der Waals surface area (Å²) < 4.78 is 5.21. The molecule has 1 amide bonds. The van der Waals surface area contributed by atoms with Crippen LogP contribution in [0.2, 0.25) is 0 Å². The Morgan fingerprint density at radius 2 is 2.00 bits per heavy atom. The van der Waals surface area contributed by atoms with Gasteiger partial charge >= 0.3 is 5.97 Å². The van der Waals surface area contributed by atoms with Crippen molar-refractivity contribution in [3.05, 3.63) is 29.3 Å². The van der Waals surface area contributed by atoms with Gasteiger partial charge in [0.2, 0.25) is 0 Å². The van der Waals surface area contributed by atoms with Crippen LogP contribution in [0.15, 0.2) is 18.2 Å².